The molecule has 3 rings (SSSR count). The topological polar surface area (TPSA) is 60.9 Å². The van der Waals surface area contributed by atoms with Gasteiger partial charge in [0, 0.05) is 32.1 Å². The summed E-state index contributed by atoms with van der Waals surface area (Å²) in [5.74, 6) is -0.0510. The van der Waals surface area contributed by atoms with Crippen LogP contribution in [0.25, 0.3) is 0 Å². The molecule has 2 aliphatic rings. The van der Waals surface area contributed by atoms with Crippen LogP contribution in [0.2, 0.25) is 0 Å². The Morgan fingerprint density at radius 2 is 2.08 bits per heavy atom. The van der Waals surface area contributed by atoms with E-state index in [2.05, 4.69) is 0 Å². The molecule has 5 nitrogen and oxygen atoms in total. The third kappa shape index (κ3) is 3.46. The number of aliphatic hydroxyl groups is 1. The van der Waals surface area contributed by atoms with Crippen LogP contribution in [-0.2, 0) is 9.59 Å². The highest BCUT2D eigenvalue weighted by Crippen LogP contribution is 2.30. The molecule has 1 N–H and O–H groups in total. The number of likely N-dealkylation sites (tertiary alicyclic amines) is 2. The van der Waals surface area contributed by atoms with Crippen LogP contribution in [0.15, 0.2) is 30.3 Å². The molecular weight excluding hydrogens is 304 g/mol. The highest BCUT2D eigenvalue weighted by atomic mass is 16.3. The molecule has 0 bridgehead atoms. The van der Waals surface area contributed by atoms with Gasteiger partial charge in [-0.25, -0.2) is 0 Å². The lowest BCUT2D eigenvalue weighted by molar-refractivity contribution is -0.137. The fourth-order valence-corrected chi connectivity index (χ4v) is 3.92. The summed E-state index contributed by atoms with van der Waals surface area (Å²) in [6.07, 6.45) is 2.23. The Labute approximate surface area is 143 Å². The third-order valence-electron chi connectivity index (χ3n) is 5.29. The maximum absolute atomic E-state index is 12.8. The molecule has 1 aromatic rings. The van der Waals surface area contributed by atoms with E-state index in [1.807, 2.05) is 42.2 Å². The van der Waals surface area contributed by atoms with Crippen molar-refractivity contribution in [3.05, 3.63) is 35.9 Å². The third-order valence-corrected chi connectivity index (χ3v) is 5.29. The number of hydrogen-bond donors (Lipinski definition) is 1. The van der Waals surface area contributed by atoms with Crippen LogP contribution in [0.5, 0.6) is 0 Å². The SMILES string of the molecule is CCN1C[C@H](C(=O)N2CCC[C@H]2C[C@@H](O)c2ccccc2)CC1=O. The van der Waals surface area contributed by atoms with Crippen molar-refractivity contribution in [2.45, 2.75) is 44.8 Å². The van der Waals surface area contributed by atoms with Crippen LogP contribution < -0.4 is 0 Å². The zero-order valence-corrected chi connectivity index (χ0v) is 14.2. The Balaban J connectivity index is 1.63. The van der Waals surface area contributed by atoms with Crippen LogP contribution in [0.4, 0.5) is 0 Å². The molecule has 0 spiro atoms. The minimum atomic E-state index is -0.554. The second-order valence-electron chi connectivity index (χ2n) is 6.82. The summed E-state index contributed by atoms with van der Waals surface area (Å²) in [5, 5.41) is 10.5. The Morgan fingerprint density at radius 1 is 1.33 bits per heavy atom. The van der Waals surface area contributed by atoms with Crippen molar-refractivity contribution in [1.29, 1.82) is 0 Å². The molecule has 0 unspecified atom stereocenters. The highest BCUT2D eigenvalue weighted by Gasteiger charge is 2.39. The predicted molar refractivity (Wildman–Crippen MR) is 91.1 cm³/mol. The Morgan fingerprint density at radius 3 is 2.75 bits per heavy atom. The van der Waals surface area contributed by atoms with E-state index in [4.69, 9.17) is 0 Å². The lowest BCUT2D eigenvalue weighted by atomic mass is 9.99. The zero-order valence-electron chi connectivity index (χ0n) is 14.2. The van der Waals surface area contributed by atoms with Gasteiger partial charge in [-0.05, 0) is 31.7 Å². The van der Waals surface area contributed by atoms with Crippen LogP contribution >= 0.6 is 0 Å². The standard InChI is InChI=1S/C19H26N2O3/c1-2-20-13-15(11-18(20)23)19(24)21-10-6-9-16(21)12-17(22)14-7-4-3-5-8-14/h3-5,7-8,15-17,22H,2,6,9-13H2,1H3/t15-,16+,17-/m1/s1. The van der Waals surface area contributed by atoms with Crippen LogP contribution in [0, 0.1) is 5.92 Å². The quantitative estimate of drug-likeness (QED) is 0.898. The number of carbonyl (C=O) groups is 2. The van der Waals surface area contributed by atoms with E-state index >= 15 is 0 Å². The Kier molecular flexibility index (Phi) is 5.19. The van der Waals surface area contributed by atoms with Gasteiger partial charge in [-0.2, -0.15) is 0 Å². The average Bonchev–Trinajstić information content (AvgIpc) is 3.21. The first-order valence-electron chi connectivity index (χ1n) is 8.91. The van der Waals surface area contributed by atoms with Crippen molar-refractivity contribution in [3.8, 4) is 0 Å². The second kappa shape index (κ2) is 7.34. The van der Waals surface area contributed by atoms with Crippen LogP contribution in [-0.4, -0.2) is 52.4 Å². The summed E-state index contributed by atoms with van der Waals surface area (Å²) in [7, 11) is 0. The Hall–Kier alpha value is -1.88. The molecule has 2 aliphatic heterocycles. The van der Waals surface area contributed by atoms with Gasteiger partial charge in [0.05, 0.1) is 12.0 Å². The van der Waals surface area contributed by atoms with Crippen molar-refractivity contribution in [2.24, 2.45) is 5.92 Å². The number of amides is 2. The second-order valence-corrected chi connectivity index (χ2v) is 6.82. The first-order valence-corrected chi connectivity index (χ1v) is 8.91. The van der Waals surface area contributed by atoms with Gasteiger partial charge in [-0.1, -0.05) is 30.3 Å². The molecule has 0 saturated carbocycles. The number of rotatable bonds is 5. The monoisotopic (exact) mass is 330 g/mol. The first-order chi connectivity index (χ1) is 11.6. The molecule has 0 radical (unpaired) electrons. The lowest BCUT2D eigenvalue weighted by Crippen LogP contribution is -2.41. The summed E-state index contributed by atoms with van der Waals surface area (Å²) in [4.78, 5) is 28.4. The summed E-state index contributed by atoms with van der Waals surface area (Å²) < 4.78 is 0. The molecule has 0 aromatic heterocycles. The summed E-state index contributed by atoms with van der Waals surface area (Å²) in [6.45, 7) is 3.89. The number of benzene rings is 1. The Bertz CT molecular complexity index is 590. The van der Waals surface area contributed by atoms with Gasteiger partial charge >= 0.3 is 0 Å². The first kappa shape index (κ1) is 17.0. The van der Waals surface area contributed by atoms with Crippen LogP contribution in [0.1, 0.15) is 44.3 Å². The molecule has 3 atom stereocenters. The van der Waals surface area contributed by atoms with E-state index in [-0.39, 0.29) is 23.8 Å². The number of nitrogens with zero attached hydrogens (tertiary/aromatic N) is 2. The van der Waals surface area contributed by atoms with Gasteiger partial charge in [-0.15, -0.1) is 0 Å². The van der Waals surface area contributed by atoms with Gasteiger partial charge in [0.2, 0.25) is 11.8 Å². The van der Waals surface area contributed by atoms with Gasteiger partial charge in [0.25, 0.3) is 0 Å². The van der Waals surface area contributed by atoms with Gasteiger partial charge in [0.1, 0.15) is 0 Å². The summed E-state index contributed by atoms with van der Waals surface area (Å²) in [5.41, 5.74) is 0.894. The highest BCUT2D eigenvalue weighted by molar-refractivity contribution is 5.89. The maximum Gasteiger partial charge on any atom is 0.228 e. The van der Waals surface area contributed by atoms with E-state index in [1.54, 1.807) is 4.90 Å². The summed E-state index contributed by atoms with van der Waals surface area (Å²) in [6, 6.07) is 9.66. The molecule has 2 saturated heterocycles. The smallest absolute Gasteiger partial charge is 0.228 e. The molecular formula is C19H26N2O3. The van der Waals surface area contributed by atoms with Crippen molar-refractivity contribution >= 4 is 11.8 Å². The fourth-order valence-electron chi connectivity index (χ4n) is 3.92. The molecule has 130 valence electrons. The summed E-state index contributed by atoms with van der Waals surface area (Å²) >= 11 is 0. The van der Waals surface area contributed by atoms with E-state index in [9.17, 15) is 14.7 Å². The van der Waals surface area contributed by atoms with Gasteiger partial charge in [0.15, 0.2) is 0 Å². The molecule has 2 amide bonds. The number of aliphatic hydroxyl groups excluding tert-OH is 1. The normalized spacial score (nSPS) is 25.3. The van der Waals surface area contributed by atoms with Crippen molar-refractivity contribution < 1.29 is 14.7 Å². The zero-order chi connectivity index (χ0) is 17.1. The largest absolute Gasteiger partial charge is 0.388 e. The average molecular weight is 330 g/mol. The van der Waals surface area contributed by atoms with E-state index < -0.39 is 6.10 Å². The van der Waals surface area contributed by atoms with E-state index in [1.165, 1.54) is 0 Å². The molecule has 2 heterocycles. The minimum Gasteiger partial charge on any atom is -0.388 e. The number of carbonyl (C=O) groups excluding carboxylic acids is 2. The lowest BCUT2D eigenvalue weighted by Gasteiger charge is -2.29. The van der Waals surface area contributed by atoms with Gasteiger partial charge < -0.3 is 14.9 Å². The van der Waals surface area contributed by atoms with Crippen molar-refractivity contribution in [3.63, 3.8) is 0 Å². The maximum atomic E-state index is 12.8. The predicted octanol–water partition coefficient (Wildman–Crippen LogP) is 1.97. The van der Waals surface area contributed by atoms with Crippen molar-refractivity contribution in [2.75, 3.05) is 19.6 Å². The minimum absolute atomic E-state index is 0.0680. The molecule has 0 aliphatic carbocycles. The van der Waals surface area contributed by atoms with Crippen molar-refractivity contribution in [1.82, 2.24) is 9.80 Å². The van der Waals surface area contributed by atoms with E-state index in [0.717, 1.165) is 24.9 Å². The van der Waals surface area contributed by atoms with Gasteiger partial charge in [-0.3, -0.25) is 9.59 Å². The van der Waals surface area contributed by atoms with E-state index in [0.29, 0.717) is 25.9 Å². The molecule has 5 heteroatoms. The molecule has 2 fully saturated rings. The molecule has 1 aromatic carbocycles. The molecule has 24 heavy (non-hydrogen) atoms. The number of hydrogen-bond acceptors (Lipinski definition) is 3. The fraction of sp³-hybridized carbons (Fsp3) is 0.579. The van der Waals surface area contributed by atoms with Crippen LogP contribution in [0.3, 0.4) is 0 Å².